The molecule has 7 nitrogen and oxygen atoms in total. The topological polar surface area (TPSA) is 81.7 Å². The lowest BCUT2D eigenvalue weighted by Crippen LogP contribution is -2.38. The zero-order valence-corrected chi connectivity index (χ0v) is 19.4. The van der Waals surface area contributed by atoms with Crippen LogP contribution < -0.4 is 20.9 Å². The highest BCUT2D eigenvalue weighted by Crippen LogP contribution is 2.17. The number of pyridine rings is 1. The van der Waals surface area contributed by atoms with Gasteiger partial charge in [-0.15, -0.1) is 0 Å². The maximum absolute atomic E-state index is 11.8. The molecule has 172 valence electrons. The van der Waals surface area contributed by atoms with Crippen LogP contribution in [0.5, 0.6) is 0 Å². The Kier molecular flexibility index (Phi) is 9.35. The number of carbonyl (C=O) groups excluding carboxylic acids is 1. The van der Waals surface area contributed by atoms with Gasteiger partial charge in [0, 0.05) is 45.0 Å². The van der Waals surface area contributed by atoms with Crippen LogP contribution in [0.4, 0.5) is 5.82 Å². The first-order chi connectivity index (χ1) is 15.7. The van der Waals surface area contributed by atoms with Gasteiger partial charge < -0.3 is 20.9 Å². The van der Waals surface area contributed by atoms with Crippen molar-refractivity contribution in [2.45, 2.75) is 45.6 Å². The van der Waals surface area contributed by atoms with Gasteiger partial charge in [0.15, 0.2) is 5.96 Å². The van der Waals surface area contributed by atoms with Gasteiger partial charge in [0.2, 0.25) is 0 Å². The lowest BCUT2D eigenvalue weighted by atomic mass is 10.1. The van der Waals surface area contributed by atoms with E-state index in [2.05, 4.69) is 44.9 Å². The molecule has 1 aliphatic rings. The Morgan fingerprint density at radius 1 is 1.06 bits per heavy atom. The highest BCUT2D eigenvalue weighted by atomic mass is 16.1. The van der Waals surface area contributed by atoms with Crippen LogP contribution in [0.2, 0.25) is 0 Å². The van der Waals surface area contributed by atoms with E-state index in [4.69, 9.17) is 4.99 Å². The van der Waals surface area contributed by atoms with E-state index >= 15 is 0 Å². The third-order valence-electron chi connectivity index (χ3n) is 5.63. The minimum Gasteiger partial charge on any atom is -0.357 e. The third kappa shape index (κ3) is 7.25. The van der Waals surface area contributed by atoms with E-state index in [-0.39, 0.29) is 5.91 Å². The number of guanidine groups is 1. The molecule has 1 amide bonds. The van der Waals surface area contributed by atoms with Crippen LogP contribution >= 0.6 is 0 Å². The minimum atomic E-state index is -0.0646. The van der Waals surface area contributed by atoms with Crippen LogP contribution in [0.1, 0.15) is 54.1 Å². The van der Waals surface area contributed by atoms with E-state index in [1.54, 1.807) is 7.05 Å². The molecule has 0 atom stereocenters. The van der Waals surface area contributed by atoms with Crippen molar-refractivity contribution in [2.75, 3.05) is 38.1 Å². The average Bonchev–Trinajstić information content (AvgIpc) is 3.12. The molecule has 0 unspecified atom stereocenters. The zero-order chi connectivity index (χ0) is 22.6. The Bertz CT molecular complexity index is 872. The highest BCUT2D eigenvalue weighted by Gasteiger charge is 2.10. The smallest absolute Gasteiger partial charge is 0.251 e. The Morgan fingerprint density at radius 3 is 2.56 bits per heavy atom. The maximum Gasteiger partial charge on any atom is 0.251 e. The molecule has 7 heteroatoms. The summed E-state index contributed by atoms with van der Waals surface area (Å²) in [6.07, 6.45) is 7.90. The Labute approximate surface area is 191 Å². The summed E-state index contributed by atoms with van der Waals surface area (Å²) in [6, 6.07) is 12.0. The summed E-state index contributed by atoms with van der Waals surface area (Å²) >= 11 is 0. The van der Waals surface area contributed by atoms with Gasteiger partial charge in [0.1, 0.15) is 5.82 Å². The first kappa shape index (κ1) is 23.6. The fourth-order valence-corrected chi connectivity index (χ4v) is 3.85. The molecule has 3 N–H and O–H groups in total. The molecule has 32 heavy (non-hydrogen) atoms. The van der Waals surface area contributed by atoms with Crippen molar-refractivity contribution in [2.24, 2.45) is 4.99 Å². The first-order valence-electron chi connectivity index (χ1n) is 11.7. The molecule has 0 aliphatic carbocycles. The van der Waals surface area contributed by atoms with Gasteiger partial charge in [-0.25, -0.2) is 9.98 Å². The number of aromatic nitrogens is 1. The third-order valence-corrected chi connectivity index (χ3v) is 5.63. The van der Waals surface area contributed by atoms with Crippen molar-refractivity contribution in [3.63, 3.8) is 0 Å². The number of rotatable bonds is 8. The number of nitrogens with zero attached hydrogens (tertiary/aromatic N) is 3. The normalized spacial score (nSPS) is 14.6. The van der Waals surface area contributed by atoms with E-state index in [0.717, 1.165) is 55.5 Å². The fourth-order valence-electron chi connectivity index (χ4n) is 3.85. The molecule has 2 heterocycles. The lowest BCUT2D eigenvalue weighted by molar-refractivity contribution is 0.0963. The van der Waals surface area contributed by atoms with Crippen LogP contribution in [-0.2, 0) is 13.0 Å². The molecule has 1 aromatic heterocycles. The van der Waals surface area contributed by atoms with Crippen molar-refractivity contribution in [1.29, 1.82) is 0 Å². The molecule has 0 saturated carbocycles. The van der Waals surface area contributed by atoms with Crippen molar-refractivity contribution in [3.05, 3.63) is 59.3 Å². The average molecular weight is 437 g/mol. The lowest BCUT2D eigenvalue weighted by Gasteiger charge is -2.21. The van der Waals surface area contributed by atoms with E-state index in [1.165, 1.54) is 25.7 Å². The number of nitrogens with one attached hydrogen (secondary N) is 3. The van der Waals surface area contributed by atoms with Crippen molar-refractivity contribution < 1.29 is 4.79 Å². The molecule has 2 aromatic rings. The molecule has 0 bridgehead atoms. The van der Waals surface area contributed by atoms with Gasteiger partial charge in [-0.3, -0.25) is 4.79 Å². The van der Waals surface area contributed by atoms with Gasteiger partial charge in [0.05, 0.1) is 6.54 Å². The summed E-state index contributed by atoms with van der Waals surface area (Å²) in [7, 11) is 1.65. The summed E-state index contributed by atoms with van der Waals surface area (Å²) in [6.45, 7) is 6.37. The van der Waals surface area contributed by atoms with Gasteiger partial charge in [0.25, 0.3) is 5.91 Å². The van der Waals surface area contributed by atoms with Crippen LogP contribution in [0.25, 0.3) is 0 Å². The summed E-state index contributed by atoms with van der Waals surface area (Å²) < 4.78 is 0. The summed E-state index contributed by atoms with van der Waals surface area (Å²) in [5.41, 5.74) is 2.89. The van der Waals surface area contributed by atoms with Crippen LogP contribution in [0, 0.1) is 0 Å². The summed E-state index contributed by atoms with van der Waals surface area (Å²) in [4.78, 5) is 23.6. The summed E-state index contributed by atoms with van der Waals surface area (Å²) in [5.74, 6) is 1.79. The second-order valence-electron chi connectivity index (χ2n) is 8.08. The molecule has 1 fully saturated rings. The SMILES string of the molecule is CCNC(=NCc1ccc(N2CCCCCC2)nc1)NCCc1cccc(C(=O)NC)c1. The molecule has 0 radical (unpaired) electrons. The van der Waals surface area contributed by atoms with Gasteiger partial charge >= 0.3 is 0 Å². The summed E-state index contributed by atoms with van der Waals surface area (Å²) in [5, 5.41) is 9.34. The first-order valence-corrected chi connectivity index (χ1v) is 11.7. The van der Waals surface area contributed by atoms with E-state index in [1.807, 2.05) is 30.5 Å². The number of hydrogen-bond donors (Lipinski definition) is 3. The predicted octanol–water partition coefficient (Wildman–Crippen LogP) is 3.12. The number of anilines is 1. The Balaban J connectivity index is 1.52. The molecule has 1 aliphatic heterocycles. The maximum atomic E-state index is 11.8. The van der Waals surface area contributed by atoms with E-state index < -0.39 is 0 Å². The van der Waals surface area contributed by atoms with E-state index in [9.17, 15) is 4.79 Å². The predicted molar refractivity (Wildman–Crippen MR) is 131 cm³/mol. The van der Waals surface area contributed by atoms with Crippen molar-refractivity contribution >= 4 is 17.7 Å². The van der Waals surface area contributed by atoms with Crippen LogP contribution in [-0.4, -0.2) is 50.1 Å². The van der Waals surface area contributed by atoms with E-state index in [0.29, 0.717) is 12.1 Å². The Hall–Kier alpha value is -3.09. The molecule has 0 spiro atoms. The second kappa shape index (κ2) is 12.7. The quantitative estimate of drug-likeness (QED) is 0.438. The van der Waals surface area contributed by atoms with Gasteiger partial charge in [-0.2, -0.15) is 0 Å². The molecular weight excluding hydrogens is 400 g/mol. The zero-order valence-electron chi connectivity index (χ0n) is 19.4. The monoisotopic (exact) mass is 436 g/mol. The standard InChI is InChI=1S/C25H36N6O/c1-3-27-25(28-14-13-20-9-8-10-22(17-20)24(32)26-2)30-19-21-11-12-23(29-18-21)31-15-6-4-5-7-16-31/h8-12,17-18H,3-7,13-16,19H2,1-2H3,(H,26,32)(H2,27,28,30). The highest BCUT2D eigenvalue weighted by molar-refractivity contribution is 5.94. The minimum absolute atomic E-state index is 0.0646. The molecule has 1 aromatic carbocycles. The van der Waals surface area contributed by atoms with Gasteiger partial charge in [-0.1, -0.05) is 31.0 Å². The number of amides is 1. The molecule has 3 rings (SSSR count). The number of benzene rings is 1. The number of carbonyl (C=O) groups is 1. The number of hydrogen-bond acceptors (Lipinski definition) is 4. The molecule has 1 saturated heterocycles. The van der Waals surface area contributed by atoms with Crippen LogP contribution in [0.15, 0.2) is 47.6 Å². The number of aliphatic imine (C=N–C) groups is 1. The van der Waals surface area contributed by atoms with Crippen molar-refractivity contribution in [1.82, 2.24) is 20.9 Å². The van der Waals surface area contributed by atoms with Crippen LogP contribution in [0.3, 0.4) is 0 Å². The van der Waals surface area contributed by atoms with Gasteiger partial charge in [-0.05, 0) is 55.5 Å². The second-order valence-corrected chi connectivity index (χ2v) is 8.08. The Morgan fingerprint density at radius 2 is 1.88 bits per heavy atom. The largest absolute Gasteiger partial charge is 0.357 e. The fraction of sp³-hybridized carbons (Fsp3) is 0.480. The van der Waals surface area contributed by atoms with Crippen molar-refractivity contribution in [3.8, 4) is 0 Å². The molecular formula is C25H36N6O.